The van der Waals surface area contributed by atoms with Crippen LogP contribution in [0.3, 0.4) is 0 Å². The fourth-order valence-electron chi connectivity index (χ4n) is 2.01. The van der Waals surface area contributed by atoms with Crippen LogP contribution in [-0.2, 0) is 0 Å². The molecule has 110 valence electrons. The minimum atomic E-state index is -1.13. The fourth-order valence-corrected chi connectivity index (χ4v) is 2.01. The third kappa shape index (κ3) is 3.45. The minimum Gasteiger partial charge on any atom is -0.322 e. The first kappa shape index (κ1) is 15.2. The Kier molecular flexibility index (Phi) is 4.68. The highest BCUT2D eigenvalue weighted by Gasteiger charge is 2.15. The first-order valence-corrected chi connectivity index (χ1v) is 6.88. The predicted molar refractivity (Wildman–Crippen MR) is 79.5 cm³/mol. The molecule has 0 saturated heterocycles. The van der Waals surface area contributed by atoms with Gasteiger partial charge in [-0.25, -0.2) is 8.78 Å². The number of rotatable bonds is 4. The monoisotopic (exact) mass is 289 g/mol. The number of hydrogen-bond acceptors (Lipinski definition) is 1. The smallest absolute Gasteiger partial charge is 0.258 e. The van der Waals surface area contributed by atoms with E-state index in [0.717, 1.165) is 12.5 Å². The maximum Gasteiger partial charge on any atom is 0.258 e. The van der Waals surface area contributed by atoms with Gasteiger partial charge in [0.2, 0.25) is 0 Å². The molecule has 0 spiro atoms. The van der Waals surface area contributed by atoms with E-state index in [4.69, 9.17) is 0 Å². The number of halogens is 2. The topological polar surface area (TPSA) is 29.1 Å². The molecule has 1 unspecified atom stereocenters. The van der Waals surface area contributed by atoms with Crippen LogP contribution >= 0.6 is 0 Å². The van der Waals surface area contributed by atoms with Crippen molar-refractivity contribution in [2.45, 2.75) is 26.2 Å². The number of nitrogens with one attached hydrogen (secondary N) is 1. The number of benzene rings is 2. The van der Waals surface area contributed by atoms with Crippen molar-refractivity contribution in [3.8, 4) is 0 Å². The Labute approximate surface area is 122 Å². The zero-order valence-corrected chi connectivity index (χ0v) is 12.0. The lowest BCUT2D eigenvalue weighted by molar-refractivity contribution is 0.102. The maximum atomic E-state index is 13.5. The van der Waals surface area contributed by atoms with Gasteiger partial charge in [-0.05, 0) is 42.2 Å². The van der Waals surface area contributed by atoms with Crippen LogP contribution in [0, 0.1) is 11.6 Å². The molecule has 21 heavy (non-hydrogen) atoms. The van der Waals surface area contributed by atoms with E-state index in [2.05, 4.69) is 19.2 Å². The molecule has 0 saturated carbocycles. The third-order valence-electron chi connectivity index (χ3n) is 3.55. The molecule has 4 heteroatoms. The molecule has 2 aromatic carbocycles. The van der Waals surface area contributed by atoms with Crippen molar-refractivity contribution in [3.05, 3.63) is 65.2 Å². The van der Waals surface area contributed by atoms with Crippen molar-refractivity contribution in [1.29, 1.82) is 0 Å². The van der Waals surface area contributed by atoms with E-state index >= 15 is 0 Å². The van der Waals surface area contributed by atoms with E-state index in [1.807, 2.05) is 12.1 Å². The highest BCUT2D eigenvalue weighted by Crippen LogP contribution is 2.21. The van der Waals surface area contributed by atoms with Gasteiger partial charge in [-0.2, -0.15) is 0 Å². The van der Waals surface area contributed by atoms with E-state index in [-0.39, 0.29) is 5.56 Å². The van der Waals surface area contributed by atoms with Gasteiger partial charge in [0.25, 0.3) is 5.91 Å². The second-order valence-corrected chi connectivity index (χ2v) is 4.99. The summed E-state index contributed by atoms with van der Waals surface area (Å²) in [5.74, 6) is -2.39. The number of carbonyl (C=O) groups excluding carboxylic acids is 1. The second-order valence-electron chi connectivity index (χ2n) is 4.99. The lowest BCUT2D eigenvalue weighted by Gasteiger charge is -2.11. The summed E-state index contributed by atoms with van der Waals surface area (Å²) in [6.45, 7) is 4.22. The highest BCUT2D eigenvalue weighted by molar-refractivity contribution is 6.04. The zero-order valence-electron chi connectivity index (χ0n) is 12.0. The van der Waals surface area contributed by atoms with Gasteiger partial charge in [-0.1, -0.05) is 32.0 Å². The summed E-state index contributed by atoms with van der Waals surface area (Å²) < 4.78 is 26.6. The van der Waals surface area contributed by atoms with Gasteiger partial charge >= 0.3 is 0 Å². The van der Waals surface area contributed by atoms with Crippen LogP contribution in [0.5, 0.6) is 0 Å². The fraction of sp³-hybridized carbons (Fsp3) is 0.235. The van der Waals surface area contributed by atoms with Gasteiger partial charge in [-0.3, -0.25) is 4.79 Å². The number of hydrogen-bond donors (Lipinski definition) is 1. The maximum absolute atomic E-state index is 13.5. The average Bonchev–Trinajstić information content (AvgIpc) is 2.50. The number of amides is 1. The van der Waals surface area contributed by atoms with Crippen molar-refractivity contribution >= 4 is 11.6 Å². The van der Waals surface area contributed by atoms with E-state index in [1.165, 1.54) is 17.7 Å². The van der Waals surface area contributed by atoms with Crippen molar-refractivity contribution < 1.29 is 13.6 Å². The molecule has 2 aromatic rings. The van der Waals surface area contributed by atoms with E-state index in [1.54, 1.807) is 12.1 Å². The molecular weight excluding hydrogens is 272 g/mol. The van der Waals surface area contributed by atoms with Crippen LogP contribution in [0.1, 0.15) is 42.1 Å². The average molecular weight is 289 g/mol. The Hall–Kier alpha value is -2.23. The van der Waals surface area contributed by atoms with Gasteiger partial charge in [0.15, 0.2) is 11.6 Å². The van der Waals surface area contributed by atoms with Crippen molar-refractivity contribution in [2.75, 3.05) is 5.32 Å². The molecule has 1 N–H and O–H groups in total. The Morgan fingerprint density at radius 1 is 1.14 bits per heavy atom. The molecule has 0 radical (unpaired) electrons. The van der Waals surface area contributed by atoms with Crippen LogP contribution in [0.2, 0.25) is 0 Å². The molecule has 0 aliphatic heterocycles. The van der Waals surface area contributed by atoms with E-state index < -0.39 is 17.5 Å². The van der Waals surface area contributed by atoms with Crippen LogP contribution in [-0.4, -0.2) is 5.91 Å². The molecule has 1 atom stereocenters. The van der Waals surface area contributed by atoms with Crippen molar-refractivity contribution in [2.24, 2.45) is 0 Å². The van der Waals surface area contributed by atoms with Gasteiger partial charge in [0.05, 0.1) is 5.56 Å². The molecule has 0 heterocycles. The molecule has 1 amide bonds. The number of anilines is 1. The highest BCUT2D eigenvalue weighted by atomic mass is 19.2. The molecule has 0 fully saturated rings. The van der Waals surface area contributed by atoms with Gasteiger partial charge < -0.3 is 5.32 Å². The summed E-state index contributed by atoms with van der Waals surface area (Å²) in [7, 11) is 0. The molecule has 0 bridgehead atoms. The first-order valence-electron chi connectivity index (χ1n) is 6.88. The van der Waals surface area contributed by atoms with Gasteiger partial charge in [-0.15, -0.1) is 0 Å². The largest absolute Gasteiger partial charge is 0.322 e. The van der Waals surface area contributed by atoms with E-state index in [9.17, 15) is 13.6 Å². The molecule has 0 aliphatic rings. The summed E-state index contributed by atoms with van der Waals surface area (Å²) in [6.07, 6.45) is 1.03. The predicted octanol–water partition coefficient (Wildman–Crippen LogP) is 4.73. The van der Waals surface area contributed by atoms with Crippen LogP contribution in [0.15, 0.2) is 42.5 Å². The van der Waals surface area contributed by atoms with E-state index in [0.29, 0.717) is 11.6 Å². The van der Waals surface area contributed by atoms with Crippen LogP contribution < -0.4 is 5.32 Å². The molecular formula is C17H17F2NO. The summed E-state index contributed by atoms with van der Waals surface area (Å²) in [4.78, 5) is 11.9. The molecule has 0 aliphatic carbocycles. The van der Waals surface area contributed by atoms with Crippen molar-refractivity contribution in [3.63, 3.8) is 0 Å². The Morgan fingerprint density at radius 2 is 1.81 bits per heavy atom. The SMILES string of the molecule is CCC(C)c1ccc(NC(=O)c2cccc(F)c2F)cc1. The van der Waals surface area contributed by atoms with Crippen LogP contribution in [0.25, 0.3) is 0 Å². The minimum absolute atomic E-state index is 0.305. The first-order chi connectivity index (χ1) is 10.0. The lowest BCUT2D eigenvalue weighted by Crippen LogP contribution is -2.14. The number of carbonyl (C=O) groups is 1. The molecule has 2 rings (SSSR count). The molecule has 2 nitrogen and oxygen atoms in total. The standard InChI is InChI=1S/C17H17F2NO/c1-3-11(2)12-7-9-13(10-8-12)20-17(21)14-5-4-6-15(18)16(14)19/h4-11H,3H2,1-2H3,(H,20,21). The zero-order chi connectivity index (χ0) is 15.4. The summed E-state index contributed by atoms with van der Waals surface area (Å²) in [5, 5.41) is 2.56. The Bertz CT molecular complexity index is 638. The van der Waals surface area contributed by atoms with Crippen molar-refractivity contribution in [1.82, 2.24) is 0 Å². The van der Waals surface area contributed by atoms with Gasteiger partial charge in [0.1, 0.15) is 0 Å². The summed E-state index contributed by atoms with van der Waals surface area (Å²) in [5.41, 5.74) is 1.42. The third-order valence-corrected chi connectivity index (χ3v) is 3.55. The Balaban J connectivity index is 2.14. The Morgan fingerprint density at radius 3 is 2.43 bits per heavy atom. The molecule has 0 aromatic heterocycles. The van der Waals surface area contributed by atoms with Crippen LogP contribution in [0.4, 0.5) is 14.5 Å². The summed E-state index contributed by atoms with van der Waals surface area (Å²) >= 11 is 0. The second kappa shape index (κ2) is 6.48. The normalized spacial score (nSPS) is 12.0. The summed E-state index contributed by atoms with van der Waals surface area (Å²) in [6, 6.07) is 10.9. The quantitative estimate of drug-likeness (QED) is 0.866. The van der Waals surface area contributed by atoms with Gasteiger partial charge in [0, 0.05) is 5.69 Å². The lowest BCUT2D eigenvalue weighted by atomic mass is 9.98.